The average Bonchev–Trinajstić information content (AvgIpc) is 2.29. The van der Waals surface area contributed by atoms with Crippen molar-refractivity contribution in [3.8, 4) is 0 Å². The molecule has 0 bridgehead atoms. The van der Waals surface area contributed by atoms with Crippen molar-refractivity contribution in [3.05, 3.63) is 0 Å². The lowest BCUT2D eigenvalue weighted by molar-refractivity contribution is -0.140. The third-order valence-electron chi connectivity index (χ3n) is 2.70. The molecule has 6 nitrogen and oxygen atoms in total. The molecule has 6 heteroatoms. The Labute approximate surface area is 102 Å². The molecule has 0 aromatic carbocycles. The monoisotopic (exact) mass is 243 g/mol. The summed E-state index contributed by atoms with van der Waals surface area (Å²) >= 11 is 0. The zero-order chi connectivity index (χ0) is 12.8. The van der Waals surface area contributed by atoms with Gasteiger partial charge in [0.15, 0.2) is 0 Å². The molecular formula is C11H21N3O3. The Morgan fingerprint density at radius 1 is 1.29 bits per heavy atom. The van der Waals surface area contributed by atoms with Gasteiger partial charge in [-0.15, -0.1) is 0 Å². The van der Waals surface area contributed by atoms with E-state index in [9.17, 15) is 9.59 Å². The van der Waals surface area contributed by atoms with Crippen LogP contribution in [0.5, 0.6) is 0 Å². The van der Waals surface area contributed by atoms with Gasteiger partial charge in [-0.2, -0.15) is 0 Å². The predicted octanol–water partition coefficient (Wildman–Crippen LogP) is -1.09. The molecule has 0 aromatic heterocycles. The largest absolute Gasteiger partial charge is 0.375 e. The summed E-state index contributed by atoms with van der Waals surface area (Å²) in [6.07, 6.45) is 0.248. The van der Waals surface area contributed by atoms with Gasteiger partial charge in [0.25, 0.3) is 0 Å². The Balaban J connectivity index is 2.33. The predicted molar refractivity (Wildman–Crippen MR) is 63.6 cm³/mol. The van der Waals surface area contributed by atoms with Crippen LogP contribution in [0.3, 0.4) is 0 Å². The molecule has 1 aliphatic rings. The Morgan fingerprint density at radius 2 is 2.00 bits per heavy atom. The van der Waals surface area contributed by atoms with E-state index in [1.54, 1.807) is 21.1 Å². The van der Waals surface area contributed by atoms with E-state index in [1.165, 1.54) is 9.80 Å². The lowest BCUT2D eigenvalue weighted by Crippen LogP contribution is -2.43. The molecule has 0 aliphatic carbocycles. The fraction of sp³-hybridized carbons (Fsp3) is 0.818. The molecule has 1 heterocycles. The van der Waals surface area contributed by atoms with Crippen molar-refractivity contribution < 1.29 is 14.3 Å². The number of hydrogen-bond donors (Lipinski definition) is 1. The van der Waals surface area contributed by atoms with Gasteiger partial charge in [0.1, 0.15) is 0 Å². The number of amides is 2. The molecule has 0 aromatic rings. The van der Waals surface area contributed by atoms with Crippen LogP contribution < -0.4 is 5.32 Å². The van der Waals surface area contributed by atoms with Crippen molar-refractivity contribution in [1.82, 2.24) is 15.1 Å². The van der Waals surface area contributed by atoms with Crippen molar-refractivity contribution in [2.45, 2.75) is 12.5 Å². The zero-order valence-corrected chi connectivity index (χ0v) is 10.7. The third kappa shape index (κ3) is 4.70. The zero-order valence-electron chi connectivity index (χ0n) is 10.7. The topological polar surface area (TPSA) is 61.9 Å². The van der Waals surface area contributed by atoms with Crippen molar-refractivity contribution in [1.29, 1.82) is 0 Å². The highest BCUT2D eigenvalue weighted by Gasteiger charge is 2.21. The number of carbonyl (C=O) groups excluding carboxylic acids is 2. The summed E-state index contributed by atoms with van der Waals surface area (Å²) in [6, 6.07) is 0. The summed E-state index contributed by atoms with van der Waals surface area (Å²) in [6.45, 7) is 2.28. The summed E-state index contributed by atoms with van der Waals surface area (Å²) in [5, 5.41) is 3.17. The van der Waals surface area contributed by atoms with Gasteiger partial charge in [-0.25, -0.2) is 0 Å². The molecule has 1 saturated heterocycles. The summed E-state index contributed by atoms with van der Waals surface area (Å²) in [7, 11) is 4.99. The van der Waals surface area contributed by atoms with Crippen LogP contribution in [0, 0.1) is 0 Å². The van der Waals surface area contributed by atoms with Gasteiger partial charge >= 0.3 is 0 Å². The van der Waals surface area contributed by atoms with Gasteiger partial charge in [0.2, 0.25) is 11.8 Å². The second kappa shape index (κ2) is 6.56. The second-order valence-electron chi connectivity index (χ2n) is 4.44. The maximum atomic E-state index is 11.8. The number of hydrogen-bond acceptors (Lipinski definition) is 4. The quantitative estimate of drug-likeness (QED) is 0.681. The summed E-state index contributed by atoms with van der Waals surface area (Å²) < 4.78 is 5.45. The molecule has 17 heavy (non-hydrogen) atoms. The molecule has 1 N–H and O–H groups in total. The fourth-order valence-corrected chi connectivity index (χ4v) is 1.53. The number of rotatable bonds is 4. The standard InChI is InChI=1S/C11H21N3O3/c1-13(2)11(16)8-14(3)10(15)6-9-7-12-4-5-17-9/h9,12H,4-8H2,1-3H3. The third-order valence-corrected chi connectivity index (χ3v) is 2.70. The van der Waals surface area contributed by atoms with Crippen LogP contribution in [-0.4, -0.2) is 75.1 Å². The van der Waals surface area contributed by atoms with E-state index in [4.69, 9.17) is 4.74 Å². The highest BCUT2D eigenvalue weighted by molar-refractivity contribution is 5.84. The van der Waals surface area contributed by atoms with Crippen molar-refractivity contribution in [2.24, 2.45) is 0 Å². The van der Waals surface area contributed by atoms with E-state index in [0.29, 0.717) is 19.6 Å². The molecule has 1 aliphatic heterocycles. The molecule has 1 unspecified atom stereocenters. The molecule has 98 valence electrons. The van der Waals surface area contributed by atoms with Gasteiger partial charge in [0, 0.05) is 34.2 Å². The lowest BCUT2D eigenvalue weighted by Gasteiger charge is -2.25. The molecule has 2 amide bonds. The van der Waals surface area contributed by atoms with Crippen molar-refractivity contribution >= 4 is 11.8 Å². The highest BCUT2D eigenvalue weighted by atomic mass is 16.5. The molecule has 1 fully saturated rings. The number of nitrogens with zero attached hydrogens (tertiary/aromatic N) is 2. The Hall–Kier alpha value is -1.14. The van der Waals surface area contributed by atoms with Gasteiger partial charge in [0.05, 0.1) is 25.7 Å². The normalized spacial score (nSPS) is 19.8. The second-order valence-corrected chi connectivity index (χ2v) is 4.44. The van der Waals surface area contributed by atoms with Crippen LogP contribution in [0.2, 0.25) is 0 Å². The van der Waals surface area contributed by atoms with Crippen LogP contribution in [0.4, 0.5) is 0 Å². The minimum Gasteiger partial charge on any atom is -0.375 e. The summed E-state index contributed by atoms with van der Waals surface area (Å²) in [5.41, 5.74) is 0. The van der Waals surface area contributed by atoms with Crippen LogP contribution >= 0.6 is 0 Å². The van der Waals surface area contributed by atoms with E-state index in [-0.39, 0.29) is 24.5 Å². The molecule has 1 rings (SSSR count). The minimum atomic E-state index is -0.0801. The number of carbonyl (C=O) groups is 2. The van der Waals surface area contributed by atoms with Crippen molar-refractivity contribution in [3.63, 3.8) is 0 Å². The molecular weight excluding hydrogens is 222 g/mol. The first-order valence-corrected chi connectivity index (χ1v) is 5.77. The molecule has 0 saturated carbocycles. The van der Waals surface area contributed by atoms with E-state index in [1.807, 2.05) is 0 Å². The first kappa shape index (κ1) is 13.9. The number of likely N-dealkylation sites (N-methyl/N-ethyl adjacent to an activating group) is 2. The summed E-state index contributed by atoms with van der Waals surface area (Å²) in [5.74, 6) is -0.141. The van der Waals surface area contributed by atoms with Crippen LogP contribution in [0.1, 0.15) is 6.42 Å². The van der Waals surface area contributed by atoms with Gasteiger partial charge in [-0.3, -0.25) is 9.59 Å². The van der Waals surface area contributed by atoms with Crippen LogP contribution in [0.15, 0.2) is 0 Å². The Morgan fingerprint density at radius 3 is 2.53 bits per heavy atom. The average molecular weight is 243 g/mol. The van der Waals surface area contributed by atoms with Gasteiger partial charge in [-0.05, 0) is 0 Å². The lowest BCUT2D eigenvalue weighted by atomic mass is 10.2. The Bertz CT molecular complexity index is 275. The highest BCUT2D eigenvalue weighted by Crippen LogP contribution is 2.04. The van der Waals surface area contributed by atoms with Crippen molar-refractivity contribution in [2.75, 3.05) is 47.4 Å². The first-order chi connectivity index (χ1) is 8.00. The maximum absolute atomic E-state index is 11.8. The SMILES string of the molecule is CN(C)C(=O)CN(C)C(=O)CC1CNCCO1. The maximum Gasteiger partial charge on any atom is 0.241 e. The fourth-order valence-electron chi connectivity index (χ4n) is 1.53. The smallest absolute Gasteiger partial charge is 0.241 e. The Kier molecular flexibility index (Phi) is 5.37. The molecule has 0 spiro atoms. The molecule has 0 radical (unpaired) electrons. The number of ether oxygens (including phenoxy) is 1. The van der Waals surface area contributed by atoms with Gasteiger partial charge in [-0.1, -0.05) is 0 Å². The van der Waals surface area contributed by atoms with E-state index >= 15 is 0 Å². The van der Waals surface area contributed by atoms with E-state index in [2.05, 4.69) is 5.32 Å². The summed E-state index contributed by atoms with van der Waals surface area (Å²) in [4.78, 5) is 26.2. The van der Waals surface area contributed by atoms with Crippen LogP contribution in [0.25, 0.3) is 0 Å². The van der Waals surface area contributed by atoms with E-state index in [0.717, 1.165) is 6.54 Å². The number of nitrogens with one attached hydrogen (secondary N) is 1. The van der Waals surface area contributed by atoms with E-state index < -0.39 is 0 Å². The van der Waals surface area contributed by atoms with Gasteiger partial charge < -0.3 is 19.9 Å². The van der Waals surface area contributed by atoms with Crippen LogP contribution in [-0.2, 0) is 14.3 Å². The molecule has 1 atom stereocenters. The first-order valence-electron chi connectivity index (χ1n) is 5.77. The minimum absolute atomic E-state index is 0.0612. The number of morpholine rings is 1.